The molecule has 0 saturated heterocycles. The number of thiocarbonyl (C=S) groups is 1. The molecule has 0 bridgehead atoms. The van der Waals surface area contributed by atoms with Crippen molar-refractivity contribution in [3.8, 4) is 0 Å². The van der Waals surface area contributed by atoms with Crippen LogP contribution in [0.4, 0.5) is 11.5 Å². The number of halogens is 1. The van der Waals surface area contributed by atoms with Gasteiger partial charge < -0.3 is 15.4 Å². The van der Waals surface area contributed by atoms with Crippen LogP contribution in [-0.2, 0) is 4.74 Å². The maximum Gasteiger partial charge on any atom is 0.229 e. The lowest BCUT2D eigenvalue weighted by molar-refractivity contribution is 0.463. The van der Waals surface area contributed by atoms with E-state index in [1.54, 1.807) is 18.3 Å². The summed E-state index contributed by atoms with van der Waals surface area (Å²) in [5.41, 5.74) is 3.23. The molecule has 27 heavy (non-hydrogen) atoms. The molecule has 0 radical (unpaired) electrons. The number of ether oxygens (including phenoxy) is 1. The SMILES string of the molecule is C=CN=C1N=C(c2ccnc(NC=S)c2)OC1=C.CNc1ccc(Cl)cc1. The summed E-state index contributed by atoms with van der Waals surface area (Å²) in [4.78, 5) is 12.3. The number of aliphatic imine (C=N–C) groups is 2. The Balaban J connectivity index is 0.000000244. The van der Waals surface area contributed by atoms with E-state index in [9.17, 15) is 0 Å². The van der Waals surface area contributed by atoms with E-state index in [0.29, 0.717) is 23.3 Å². The first-order valence-electron chi connectivity index (χ1n) is 7.81. The molecule has 138 valence electrons. The Morgan fingerprint density at radius 2 is 2.00 bits per heavy atom. The Bertz CT molecular complexity index is 893. The fraction of sp³-hybridized carbons (Fsp3) is 0.0526. The fourth-order valence-electron chi connectivity index (χ4n) is 1.97. The van der Waals surface area contributed by atoms with Gasteiger partial charge in [-0.25, -0.2) is 9.98 Å². The van der Waals surface area contributed by atoms with Crippen molar-refractivity contribution in [2.45, 2.75) is 0 Å². The lowest BCUT2D eigenvalue weighted by Gasteiger charge is -2.03. The smallest absolute Gasteiger partial charge is 0.229 e. The van der Waals surface area contributed by atoms with Crippen molar-refractivity contribution >= 4 is 52.5 Å². The zero-order chi connectivity index (χ0) is 19.6. The average Bonchev–Trinajstić information content (AvgIpc) is 3.05. The molecule has 0 spiro atoms. The lowest BCUT2D eigenvalue weighted by Crippen LogP contribution is -2.02. The third-order valence-corrected chi connectivity index (χ3v) is 3.61. The molecule has 6 nitrogen and oxygen atoms in total. The van der Waals surface area contributed by atoms with Crippen molar-refractivity contribution < 1.29 is 4.74 Å². The van der Waals surface area contributed by atoms with Gasteiger partial charge in [0.2, 0.25) is 5.90 Å². The number of benzene rings is 1. The van der Waals surface area contributed by atoms with Crippen LogP contribution in [0.5, 0.6) is 0 Å². The van der Waals surface area contributed by atoms with Gasteiger partial charge in [0.15, 0.2) is 11.6 Å². The average molecular weight is 400 g/mol. The molecular weight excluding hydrogens is 382 g/mol. The molecule has 0 saturated carbocycles. The molecule has 3 rings (SSSR count). The van der Waals surface area contributed by atoms with Gasteiger partial charge in [-0.3, -0.25) is 0 Å². The molecule has 2 heterocycles. The summed E-state index contributed by atoms with van der Waals surface area (Å²) in [5, 5.41) is 6.59. The summed E-state index contributed by atoms with van der Waals surface area (Å²) in [6.07, 6.45) is 3.02. The molecule has 0 unspecified atom stereocenters. The number of hydrogen-bond acceptors (Lipinski definition) is 5. The Morgan fingerprint density at radius 1 is 1.26 bits per heavy atom. The molecule has 1 aromatic carbocycles. The van der Waals surface area contributed by atoms with Crippen molar-refractivity contribution in [1.82, 2.24) is 4.98 Å². The van der Waals surface area contributed by atoms with Gasteiger partial charge >= 0.3 is 0 Å². The highest BCUT2D eigenvalue weighted by atomic mass is 35.5. The van der Waals surface area contributed by atoms with E-state index in [2.05, 4.69) is 38.8 Å². The summed E-state index contributed by atoms with van der Waals surface area (Å²) in [6, 6.07) is 11.1. The van der Waals surface area contributed by atoms with Crippen LogP contribution in [0.25, 0.3) is 0 Å². The Kier molecular flexibility index (Phi) is 7.66. The second-order valence-electron chi connectivity index (χ2n) is 5.03. The molecule has 0 fully saturated rings. The molecular formula is C19H18ClN5OS. The molecule has 0 atom stereocenters. The summed E-state index contributed by atoms with van der Waals surface area (Å²) in [5.74, 6) is 1.86. The molecule has 1 aliphatic rings. The molecule has 8 heteroatoms. The van der Waals surface area contributed by atoms with Gasteiger partial charge in [-0.2, -0.15) is 4.99 Å². The number of rotatable bonds is 5. The lowest BCUT2D eigenvalue weighted by atomic mass is 10.2. The highest BCUT2D eigenvalue weighted by Gasteiger charge is 2.20. The first-order valence-corrected chi connectivity index (χ1v) is 8.66. The van der Waals surface area contributed by atoms with Crippen molar-refractivity contribution in [3.63, 3.8) is 0 Å². The van der Waals surface area contributed by atoms with Crippen molar-refractivity contribution in [1.29, 1.82) is 0 Å². The van der Waals surface area contributed by atoms with Crippen LogP contribution in [0.3, 0.4) is 0 Å². The summed E-state index contributed by atoms with van der Waals surface area (Å²) in [7, 11) is 1.88. The highest BCUT2D eigenvalue weighted by Crippen LogP contribution is 2.17. The van der Waals surface area contributed by atoms with E-state index in [4.69, 9.17) is 28.6 Å². The van der Waals surface area contributed by atoms with Gasteiger partial charge in [0.1, 0.15) is 5.82 Å². The van der Waals surface area contributed by atoms with Crippen LogP contribution in [-0.4, -0.2) is 29.3 Å². The fourth-order valence-corrected chi connectivity index (χ4v) is 2.22. The van der Waals surface area contributed by atoms with E-state index in [0.717, 1.165) is 16.3 Å². The third kappa shape index (κ3) is 6.02. The Hall–Kier alpha value is -3.03. The maximum atomic E-state index is 5.64. The van der Waals surface area contributed by atoms with E-state index >= 15 is 0 Å². The minimum Gasteiger partial charge on any atom is -0.435 e. The molecule has 2 aromatic rings. The van der Waals surface area contributed by atoms with Crippen molar-refractivity contribution in [3.05, 3.63) is 78.3 Å². The molecule has 1 aromatic heterocycles. The molecule has 1 aliphatic heterocycles. The van der Waals surface area contributed by atoms with Crippen LogP contribution in [0.15, 0.2) is 77.7 Å². The van der Waals surface area contributed by atoms with Crippen molar-refractivity contribution in [2.24, 2.45) is 9.98 Å². The molecule has 2 N–H and O–H groups in total. The number of nitrogens with zero attached hydrogens (tertiary/aromatic N) is 3. The maximum absolute atomic E-state index is 5.64. The Morgan fingerprint density at radius 3 is 2.63 bits per heavy atom. The van der Waals surface area contributed by atoms with Crippen LogP contribution in [0.2, 0.25) is 5.02 Å². The second kappa shape index (κ2) is 10.2. The number of amidine groups is 1. The predicted octanol–water partition coefficient (Wildman–Crippen LogP) is 4.66. The quantitative estimate of drug-likeness (QED) is 0.715. The number of hydrogen-bond donors (Lipinski definition) is 2. The van der Waals surface area contributed by atoms with Gasteiger partial charge in [-0.15, -0.1) is 0 Å². The van der Waals surface area contributed by atoms with Crippen LogP contribution in [0, 0.1) is 0 Å². The first-order chi connectivity index (χ1) is 13.1. The monoisotopic (exact) mass is 399 g/mol. The number of nitrogens with one attached hydrogen (secondary N) is 2. The zero-order valence-corrected chi connectivity index (χ0v) is 16.2. The number of pyridine rings is 1. The van der Waals surface area contributed by atoms with E-state index in [1.165, 1.54) is 11.7 Å². The standard InChI is InChI=1S/C12H10N4OS.C7H8ClN/c1-3-13-11-8(2)17-12(16-11)9-4-5-14-10(6-9)15-7-18;1-9-7-4-2-6(8)3-5-7/h3-7H,1-2H2,(H,14,15,18);2-5,9H,1H3. The Labute approximate surface area is 168 Å². The number of aromatic nitrogens is 1. The predicted molar refractivity (Wildman–Crippen MR) is 117 cm³/mol. The van der Waals surface area contributed by atoms with Crippen LogP contribution < -0.4 is 10.6 Å². The van der Waals surface area contributed by atoms with E-state index < -0.39 is 0 Å². The van der Waals surface area contributed by atoms with Crippen LogP contribution >= 0.6 is 23.8 Å². The highest BCUT2D eigenvalue weighted by molar-refractivity contribution is 7.79. The van der Waals surface area contributed by atoms with Crippen molar-refractivity contribution in [2.75, 3.05) is 17.7 Å². The van der Waals surface area contributed by atoms with Gasteiger partial charge in [0, 0.05) is 35.7 Å². The first kappa shape index (κ1) is 20.3. The largest absolute Gasteiger partial charge is 0.435 e. The minimum absolute atomic E-state index is 0.394. The van der Waals surface area contributed by atoms with Gasteiger partial charge in [-0.05, 0) is 36.4 Å². The summed E-state index contributed by atoms with van der Waals surface area (Å²) in [6.45, 7) is 7.22. The van der Waals surface area contributed by atoms with Gasteiger partial charge in [0.05, 0.1) is 5.49 Å². The third-order valence-electron chi connectivity index (χ3n) is 3.24. The summed E-state index contributed by atoms with van der Waals surface area (Å²) >= 11 is 10.3. The van der Waals surface area contributed by atoms with E-state index in [-0.39, 0.29) is 0 Å². The minimum atomic E-state index is 0.394. The van der Waals surface area contributed by atoms with E-state index in [1.807, 2.05) is 31.3 Å². The van der Waals surface area contributed by atoms with Crippen LogP contribution in [0.1, 0.15) is 5.56 Å². The molecule has 0 aliphatic carbocycles. The van der Waals surface area contributed by atoms with Gasteiger partial charge in [-0.1, -0.05) is 37.0 Å². The second-order valence-corrected chi connectivity index (χ2v) is 5.70. The molecule has 0 amide bonds. The summed E-state index contributed by atoms with van der Waals surface area (Å²) < 4.78 is 5.43. The van der Waals surface area contributed by atoms with Gasteiger partial charge in [0.25, 0.3) is 0 Å². The topological polar surface area (TPSA) is 70.9 Å². The zero-order valence-electron chi connectivity index (χ0n) is 14.6. The normalized spacial score (nSPS) is 13.8. The number of anilines is 2.